The van der Waals surface area contributed by atoms with E-state index in [2.05, 4.69) is 6.58 Å². The van der Waals surface area contributed by atoms with Crippen LogP contribution in [0.4, 0.5) is 0 Å². The molecule has 13 heavy (non-hydrogen) atoms. The van der Waals surface area contributed by atoms with Crippen LogP contribution in [0.1, 0.15) is 26.2 Å². The molecule has 0 aliphatic carbocycles. The molecular formula is C9H14O4. The van der Waals surface area contributed by atoms with Crippen molar-refractivity contribution < 1.29 is 19.4 Å². The molecule has 0 aromatic heterocycles. The Morgan fingerprint density at radius 1 is 1.54 bits per heavy atom. The second-order valence-electron chi connectivity index (χ2n) is 2.72. The number of esters is 1. The average molecular weight is 186 g/mol. The number of carboxylic acid groups (broad SMARTS) is 1. The minimum absolute atomic E-state index is 0.0726. The van der Waals surface area contributed by atoms with Gasteiger partial charge in [-0.15, -0.1) is 6.58 Å². The van der Waals surface area contributed by atoms with Gasteiger partial charge in [0, 0.05) is 6.42 Å². The Balaban J connectivity index is 3.61. The van der Waals surface area contributed by atoms with E-state index in [4.69, 9.17) is 9.84 Å². The molecule has 0 aliphatic heterocycles. The highest BCUT2D eigenvalue weighted by Crippen LogP contribution is 2.01. The third-order valence-corrected chi connectivity index (χ3v) is 1.37. The first-order valence-corrected chi connectivity index (χ1v) is 4.08. The number of hydrogen-bond acceptors (Lipinski definition) is 3. The van der Waals surface area contributed by atoms with Crippen LogP contribution in [-0.4, -0.2) is 23.1 Å². The van der Waals surface area contributed by atoms with Crippen molar-refractivity contribution in [1.82, 2.24) is 0 Å². The average Bonchev–Trinajstić information content (AvgIpc) is 2.01. The van der Waals surface area contributed by atoms with E-state index in [-0.39, 0.29) is 18.9 Å². The highest BCUT2D eigenvalue weighted by atomic mass is 16.5. The van der Waals surface area contributed by atoms with E-state index >= 15 is 0 Å². The summed E-state index contributed by atoms with van der Waals surface area (Å²) in [5, 5.41) is 8.28. The molecule has 0 amide bonds. The minimum Gasteiger partial charge on any atom is -0.481 e. The summed E-state index contributed by atoms with van der Waals surface area (Å²) in [5.74, 6) is -1.47. The van der Waals surface area contributed by atoms with Crippen molar-refractivity contribution in [2.75, 3.05) is 0 Å². The molecule has 0 rings (SSSR count). The van der Waals surface area contributed by atoms with Crippen LogP contribution in [0.25, 0.3) is 0 Å². The van der Waals surface area contributed by atoms with Crippen molar-refractivity contribution in [2.24, 2.45) is 0 Å². The number of carboxylic acids is 1. The van der Waals surface area contributed by atoms with Gasteiger partial charge in [-0.2, -0.15) is 0 Å². The fraction of sp³-hybridized carbons (Fsp3) is 0.556. The summed E-state index contributed by atoms with van der Waals surface area (Å²) in [4.78, 5) is 21.0. The van der Waals surface area contributed by atoms with Gasteiger partial charge in [-0.05, 0) is 6.92 Å². The molecule has 0 heterocycles. The summed E-state index contributed by atoms with van der Waals surface area (Å²) in [7, 11) is 0. The van der Waals surface area contributed by atoms with Crippen LogP contribution in [0.5, 0.6) is 0 Å². The maximum absolute atomic E-state index is 10.9. The predicted octanol–water partition coefficient (Wildman–Crippen LogP) is 1.36. The van der Waals surface area contributed by atoms with Crippen molar-refractivity contribution in [3.05, 3.63) is 12.7 Å². The van der Waals surface area contributed by atoms with Crippen molar-refractivity contribution in [3.8, 4) is 0 Å². The zero-order valence-corrected chi connectivity index (χ0v) is 7.66. The third kappa shape index (κ3) is 7.05. The van der Waals surface area contributed by atoms with Crippen molar-refractivity contribution >= 4 is 11.9 Å². The lowest BCUT2D eigenvalue weighted by atomic mass is 10.3. The van der Waals surface area contributed by atoms with E-state index in [9.17, 15) is 9.59 Å². The van der Waals surface area contributed by atoms with Crippen molar-refractivity contribution in [1.29, 1.82) is 0 Å². The number of ether oxygens (including phenoxy) is 1. The number of rotatable bonds is 6. The summed E-state index contributed by atoms with van der Waals surface area (Å²) in [6.45, 7) is 5.23. The van der Waals surface area contributed by atoms with Crippen LogP contribution >= 0.6 is 0 Å². The molecule has 0 spiro atoms. The van der Waals surface area contributed by atoms with Crippen LogP contribution in [0.15, 0.2) is 12.7 Å². The van der Waals surface area contributed by atoms with Crippen LogP contribution < -0.4 is 0 Å². The Bertz CT molecular complexity index is 198. The van der Waals surface area contributed by atoms with E-state index in [1.54, 1.807) is 13.0 Å². The van der Waals surface area contributed by atoms with Gasteiger partial charge in [-0.1, -0.05) is 6.08 Å². The number of carbonyl (C=O) groups is 2. The lowest BCUT2D eigenvalue weighted by Gasteiger charge is -2.09. The lowest BCUT2D eigenvalue weighted by molar-refractivity contribution is -0.151. The topological polar surface area (TPSA) is 63.6 Å². The predicted molar refractivity (Wildman–Crippen MR) is 47.2 cm³/mol. The van der Waals surface area contributed by atoms with Gasteiger partial charge < -0.3 is 9.84 Å². The third-order valence-electron chi connectivity index (χ3n) is 1.37. The summed E-state index contributed by atoms with van der Waals surface area (Å²) in [6.07, 6.45) is 1.75. The second-order valence-corrected chi connectivity index (χ2v) is 2.72. The maximum atomic E-state index is 10.9. The first-order chi connectivity index (χ1) is 6.06. The SMILES string of the molecule is C=CCC(C)OC(=O)CCC(=O)O. The molecular weight excluding hydrogens is 172 g/mol. The monoisotopic (exact) mass is 186 g/mol. The van der Waals surface area contributed by atoms with Gasteiger partial charge >= 0.3 is 11.9 Å². The van der Waals surface area contributed by atoms with Gasteiger partial charge in [0.15, 0.2) is 0 Å². The van der Waals surface area contributed by atoms with Crippen LogP contribution in [0.2, 0.25) is 0 Å². The van der Waals surface area contributed by atoms with Crippen LogP contribution in [0, 0.1) is 0 Å². The normalized spacial score (nSPS) is 11.8. The molecule has 4 heteroatoms. The Morgan fingerprint density at radius 2 is 2.15 bits per heavy atom. The minimum atomic E-state index is -0.992. The first kappa shape index (κ1) is 11.7. The van der Waals surface area contributed by atoms with Crippen LogP contribution in [-0.2, 0) is 14.3 Å². The molecule has 1 unspecified atom stereocenters. The van der Waals surface area contributed by atoms with Crippen molar-refractivity contribution in [3.63, 3.8) is 0 Å². The van der Waals surface area contributed by atoms with Gasteiger partial charge in [0.25, 0.3) is 0 Å². The maximum Gasteiger partial charge on any atom is 0.306 e. The van der Waals surface area contributed by atoms with Gasteiger partial charge in [0.2, 0.25) is 0 Å². The fourth-order valence-electron chi connectivity index (χ4n) is 0.775. The van der Waals surface area contributed by atoms with Gasteiger partial charge in [0.05, 0.1) is 12.8 Å². The molecule has 0 radical (unpaired) electrons. The molecule has 1 N–H and O–H groups in total. The molecule has 1 atom stereocenters. The number of aliphatic carboxylic acids is 1. The zero-order valence-electron chi connectivity index (χ0n) is 7.66. The summed E-state index contributed by atoms with van der Waals surface area (Å²) in [5.41, 5.74) is 0. The van der Waals surface area contributed by atoms with Gasteiger partial charge in [-0.25, -0.2) is 0 Å². The molecule has 4 nitrogen and oxygen atoms in total. The summed E-state index contributed by atoms with van der Waals surface area (Å²) in [6, 6.07) is 0. The van der Waals surface area contributed by atoms with E-state index in [0.29, 0.717) is 6.42 Å². The molecule has 0 fully saturated rings. The standard InChI is InChI=1S/C9H14O4/c1-3-4-7(2)13-9(12)6-5-8(10)11/h3,7H,1,4-6H2,2H3,(H,10,11). The Labute approximate surface area is 77.2 Å². The largest absolute Gasteiger partial charge is 0.481 e. The van der Waals surface area contributed by atoms with E-state index in [0.717, 1.165) is 0 Å². The summed E-state index contributed by atoms with van der Waals surface area (Å²) < 4.78 is 4.87. The van der Waals surface area contributed by atoms with Gasteiger partial charge in [-0.3, -0.25) is 9.59 Å². The molecule has 0 aromatic carbocycles. The Hall–Kier alpha value is -1.32. The van der Waals surface area contributed by atoms with E-state index in [1.807, 2.05) is 0 Å². The first-order valence-electron chi connectivity index (χ1n) is 4.08. The van der Waals surface area contributed by atoms with E-state index < -0.39 is 11.9 Å². The van der Waals surface area contributed by atoms with Crippen LogP contribution in [0.3, 0.4) is 0 Å². The fourth-order valence-corrected chi connectivity index (χ4v) is 0.775. The zero-order chi connectivity index (χ0) is 10.3. The molecule has 0 aromatic rings. The highest BCUT2D eigenvalue weighted by Gasteiger charge is 2.09. The summed E-state index contributed by atoms with van der Waals surface area (Å²) >= 11 is 0. The molecule has 0 saturated heterocycles. The Kier molecular flexibility index (Phi) is 5.59. The highest BCUT2D eigenvalue weighted by molar-refractivity contribution is 5.76. The lowest BCUT2D eigenvalue weighted by Crippen LogP contribution is -2.14. The van der Waals surface area contributed by atoms with Gasteiger partial charge in [0.1, 0.15) is 6.10 Å². The van der Waals surface area contributed by atoms with E-state index in [1.165, 1.54) is 0 Å². The molecule has 0 bridgehead atoms. The number of carbonyl (C=O) groups excluding carboxylic acids is 1. The quantitative estimate of drug-likeness (QED) is 0.502. The second kappa shape index (κ2) is 6.22. The van der Waals surface area contributed by atoms with Crippen molar-refractivity contribution in [2.45, 2.75) is 32.3 Å². The Morgan fingerprint density at radius 3 is 2.62 bits per heavy atom. The molecule has 74 valence electrons. The molecule has 0 aliphatic rings. The number of hydrogen-bond donors (Lipinski definition) is 1. The smallest absolute Gasteiger partial charge is 0.306 e. The molecule has 0 saturated carbocycles.